The van der Waals surface area contributed by atoms with Gasteiger partial charge in [0.05, 0.1) is 0 Å². The lowest BCUT2D eigenvalue weighted by molar-refractivity contribution is -0.142. The zero-order valence-electron chi connectivity index (χ0n) is 10.8. The fourth-order valence-corrected chi connectivity index (χ4v) is 2.85. The van der Waals surface area contributed by atoms with Gasteiger partial charge in [-0.15, -0.1) is 10.2 Å². The van der Waals surface area contributed by atoms with Crippen LogP contribution in [0.15, 0.2) is 12.1 Å². The summed E-state index contributed by atoms with van der Waals surface area (Å²) in [5.74, 6) is 0.0530. The van der Waals surface area contributed by atoms with Gasteiger partial charge in [-0.05, 0) is 18.9 Å². The SMILES string of the molecule is O=C(O)N1CC2(CC(Oc3ccc(C(F)(F)F)nn3)C2)C1. The number of ether oxygens (including phenoxy) is 1. The first-order valence-corrected chi connectivity index (χ1v) is 6.33. The van der Waals surface area contributed by atoms with Crippen molar-refractivity contribution in [1.29, 1.82) is 0 Å². The number of aromatic nitrogens is 2. The van der Waals surface area contributed by atoms with Crippen molar-refractivity contribution < 1.29 is 27.8 Å². The Balaban J connectivity index is 1.50. The Morgan fingerprint density at radius 1 is 1.33 bits per heavy atom. The fraction of sp³-hybridized carbons (Fsp3) is 0.583. The van der Waals surface area contributed by atoms with Crippen molar-refractivity contribution in [3.05, 3.63) is 17.8 Å². The van der Waals surface area contributed by atoms with Crippen LogP contribution in [0.1, 0.15) is 18.5 Å². The summed E-state index contributed by atoms with van der Waals surface area (Å²) in [7, 11) is 0. The third-order valence-electron chi connectivity index (χ3n) is 3.86. The number of amides is 1. The first-order valence-electron chi connectivity index (χ1n) is 6.33. The lowest BCUT2D eigenvalue weighted by atomic mass is 9.62. The Hall–Kier alpha value is -2.06. The van der Waals surface area contributed by atoms with Crippen LogP contribution in [0, 0.1) is 5.41 Å². The normalized spacial score (nSPS) is 20.8. The highest BCUT2D eigenvalue weighted by Gasteiger charge is 2.55. The molecule has 0 bridgehead atoms. The highest BCUT2D eigenvalue weighted by Crippen LogP contribution is 2.49. The minimum absolute atomic E-state index is 0.0254. The Bertz CT molecular complexity index is 547. The van der Waals surface area contributed by atoms with Gasteiger partial charge >= 0.3 is 12.3 Å². The second-order valence-corrected chi connectivity index (χ2v) is 5.54. The predicted octanol–water partition coefficient (Wildman–Crippen LogP) is 2.02. The highest BCUT2D eigenvalue weighted by molar-refractivity contribution is 5.66. The molecule has 0 radical (unpaired) electrons. The molecule has 0 aromatic carbocycles. The van der Waals surface area contributed by atoms with E-state index >= 15 is 0 Å². The maximum absolute atomic E-state index is 12.3. The summed E-state index contributed by atoms with van der Waals surface area (Å²) < 4.78 is 42.4. The van der Waals surface area contributed by atoms with Crippen LogP contribution < -0.4 is 4.74 Å². The molecular formula is C12H12F3N3O3. The van der Waals surface area contributed by atoms with Crippen LogP contribution in [-0.4, -0.2) is 45.5 Å². The van der Waals surface area contributed by atoms with Crippen LogP contribution in [0.3, 0.4) is 0 Å². The van der Waals surface area contributed by atoms with Gasteiger partial charge in [0.2, 0.25) is 5.88 Å². The quantitative estimate of drug-likeness (QED) is 0.904. The molecule has 1 aliphatic carbocycles. The highest BCUT2D eigenvalue weighted by atomic mass is 19.4. The number of rotatable bonds is 2. The molecule has 1 saturated heterocycles. The first kappa shape index (κ1) is 13.9. The van der Waals surface area contributed by atoms with E-state index in [-0.39, 0.29) is 17.4 Å². The largest absolute Gasteiger partial charge is 0.473 e. The summed E-state index contributed by atoms with van der Waals surface area (Å²) >= 11 is 0. The van der Waals surface area contributed by atoms with Crippen LogP contribution in [0.25, 0.3) is 0 Å². The van der Waals surface area contributed by atoms with Crippen LogP contribution in [0.2, 0.25) is 0 Å². The number of hydrogen-bond acceptors (Lipinski definition) is 4. The number of carboxylic acid groups (broad SMARTS) is 1. The van der Waals surface area contributed by atoms with Crippen molar-refractivity contribution in [2.75, 3.05) is 13.1 Å². The maximum Gasteiger partial charge on any atom is 0.435 e. The van der Waals surface area contributed by atoms with Gasteiger partial charge in [0, 0.05) is 24.6 Å². The van der Waals surface area contributed by atoms with Crippen LogP contribution >= 0.6 is 0 Å². The second-order valence-electron chi connectivity index (χ2n) is 5.54. The monoisotopic (exact) mass is 303 g/mol. The average molecular weight is 303 g/mol. The maximum atomic E-state index is 12.3. The number of nitrogens with zero attached hydrogens (tertiary/aromatic N) is 3. The van der Waals surface area contributed by atoms with Gasteiger partial charge in [-0.2, -0.15) is 13.2 Å². The van der Waals surface area contributed by atoms with Crippen molar-refractivity contribution in [3.8, 4) is 5.88 Å². The number of hydrogen-bond donors (Lipinski definition) is 1. The molecule has 1 aliphatic heterocycles. The molecule has 6 nitrogen and oxygen atoms in total. The second kappa shape index (κ2) is 4.47. The van der Waals surface area contributed by atoms with Crippen LogP contribution in [0.5, 0.6) is 5.88 Å². The van der Waals surface area contributed by atoms with Crippen molar-refractivity contribution in [3.63, 3.8) is 0 Å². The number of halogens is 3. The standard InChI is InChI=1S/C12H12F3N3O3/c13-12(14,15)8-1-2-9(17-16-8)21-7-3-11(4-7)5-18(6-11)10(19)20/h1-2,7H,3-6H2,(H,19,20). The molecule has 0 unspecified atom stereocenters. The van der Waals surface area contributed by atoms with E-state index in [4.69, 9.17) is 9.84 Å². The molecule has 1 saturated carbocycles. The van der Waals surface area contributed by atoms with Gasteiger partial charge < -0.3 is 14.7 Å². The number of carbonyl (C=O) groups is 1. The van der Waals surface area contributed by atoms with E-state index < -0.39 is 18.0 Å². The summed E-state index contributed by atoms with van der Waals surface area (Å²) in [6.45, 7) is 0.974. The Kier molecular flexibility index (Phi) is 2.96. The van der Waals surface area contributed by atoms with Crippen LogP contribution in [0.4, 0.5) is 18.0 Å². The summed E-state index contributed by atoms with van der Waals surface area (Å²) in [6.07, 6.45) is -4.23. The van der Waals surface area contributed by atoms with E-state index in [1.54, 1.807) is 0 Å². The van der Waals surface area contributed by atoms with Crippen LogP contribution in [-0.2, 0) is 6.18 Å². The molecule has 1 aromatic heterocycles. The minimum Gasteiger partial charge on any atom is -0.473 e. The molecular weight excluding hydrogens is 291 g/mol. The molecule has 21 heavy (non-hydrogen) atoms. The average Bonchev–Trinajstić information content (AvgIpc) is 2.29. The van der Waals surface area contributed by atoms with Crippen molar-refractivity contribution >= 4 is 6.09 Å². The van der Waals surface area contributed by atoms with Gasteiger partial charge in [0.25, 0.3) is 0 Å². The Morgan fingerprint density at radius 2 is 2.00 bits per heavy atom. The van der Waals surface area contributed by atoms with Gasteiger partial charge in [0.15, 0.2) is 5.69 Å². The molecule has 3 rings (SSSR count). The molecule has 1 amide bonds. The van der Waals surface area contributed by atoms with E-state index in [1.807, 2.05) is 0 Å². The summed E-state index contributed by atoms with van der Waals surface area (Å²) in [4.78, 5) is 12.0. The lowest BCUT2D eigenvalue weighted by Crippen LogP contribution is -2.65. The minimum atomic E-state index is -4.52. The smallest absolute Gasteiger partial charge is 0.435 e. The molecule has 1 N–H and O–H groups in total. The van der Waals surface area contributed by atoms with Gasteiger partial charge in [0.1, 0.15) is 6.10 Å². The van der Waals surface area contributed by atoms with E-state index in [9.17, 15) is 18.0 Å². The van der Waals surface area contributed by atoms with E-state index in [1.165, 1.54) is 4.90 Å². The number of alkyl halides is 3. The Labute approximate surface area is 117 Å². The summed E-state index contributed by atoms with van der Waals surface area (Å²) in [6, 6.07) is 1.97. The van der Waals surface area contributed by atoms with E-state index in [2.05, 4.69) is 10.2 Å². The third-order valence-corrected chi connectivity index (χ3v) is 3.86. The zero-order chi connectivity index (χ0) is 15.3. The number of likely N-dealkylation sites (tertiary alicyclic amines) is 1. The molecule has 2 heterocycles. The zero-order valence-corrected chi connectivity index (χ0v) is 10.8. The topological polar surface area (TPSA) is 75.5 Å². The predicted molar refractivity (Wildman–Crippen MR) is 62.7 cm³/mol. The molecule has 1 aromatic rings. The van der Waals surface area contributed by atoms with Gasteiger partial charge in [-0.3, -0.25) is 0 Å². The summed E-state index contributed by atoms with van der Waals surface area (Å²) in [5.41, 5.74) is -1.08. The lowest BCUT2D eigenvalue weighted by Gasteiger charge is -2.57. The fourth-order valence-electron chi connectivity index (χ4n) is 2.85. The molecule has 114 valence electrons. The Morgan fingerprint density at radius 3 is 2.48 bits per heavy atom. The van der Waals surface area contributed by atoms with E-state index in [0.717, 1.165) is 12.1 Å². The molecule has 2 aliphatic rings. The van der Waals surface area contributed by atoms with Crippen molar-refractivity contribution in [1.82, 2.24) is 15.1 Å². The van der Waals surface area contributed by atoms with Crippen molar-refractivity contribution in [2.24, 2.45) is 5.41 Å². The van der Waals surface area contributed by atoms with Crippen molar-refractivity contribution in [2.45, 2.75) is 25.1 Å². The van der Waals surface area contributed by atoms with Gasteiger partial charge in [-0.25, -0.2) is 4.79 Å². The first-order chi connectivity index (χ1) is 9.77. The van der Waals surface area contributed by atoms with Gasteiger partial charge in [-0.1, -0.05) is 0 Å². The molecule has 9 heteroatoms. The molecule has 0 atom stereocenters. The summed E-state index contributed by atoms with van der Waals surface area (Å²) in [5, 5.41) is 15.2. The van der Waals surface area contributed by atoms with E-state index in [0.29, 0.717) is 25.9 Å². The molecule has 2 fully saturated rings. The third kappa shape index (κ3) is 2.59. The molecule has 1 spiro atoms.